The molecule has 77 heavy (non-hydrogen) atoms. The van der Waals surface area contributed by atoms with Crippen LogP contribution in [-0.2, 0) is 58.8 Å². The summed E-state index contributed by atoms with van der Waals surface area (Å²) in [6, 6.07) is 9.48. The van der Waals surface area contributed by atoms with Crippen LogP contribution < -0.4 is 14.4 Å². The van der Waals surface area contributed by atoms with E-state index in [1.807, 2.05) is 113 Å². The first-order chi connectivity index (χ1) is 36.5. The van der Waals surface area contributed by atoms with Gasteiger partial charge in [0.1, 0.15) is 23.2 Å². The van der Waals surface area contributed by atoms with Crippen LogP contribution in [-0.4, -0.2) is 173 Å². The van der Waals surface area contributed by atoms with E-state index in [2.05, 4.69) is 9.88 Å². The molecule has 1 aromatic carbocycles. The van der Waals surface area contributed by atoms with E-state index in [9.17, 15) is 19.8 Å². The molecule has 6 bridgehead atoms. The number of cyclic esters (lactones) is 1. The number of esters is 2. The van der Waals surface area contributed by atoms with Crippen molar-refractivity contribution in [1.82, 2.24) is 9.88 Å². The normalized spacial score (nSPS) is 40.3. The third-order valence-corrected chi connectivity index (χ3v) is 20.5. The molecular weight excluding hydrogens is 1130 g/mol. The molecule has 8 rings (SSSR count). The summed E-state index contributed by atoms with van der Waals surface area (Å²) in [4.78, 5) is 53.4. The van der Waals surface area contributed by atoms with E-state index in [1.54, 1.807) is 34.3 Å². The highest BCUT2D eigenvalue weighted by Crippen LogP contribution is 2.51. The highest BCUT2D eigenvalue weighted by molar-refractivity contribution is 14.1. The van der Waals surface area contributed by atoms with Gasteiger partial charge in [0, 0.05) is 99.8 Å². The molecular formula is C57H84IN3O15S. The summed E-state index contributed by atoms with van der Waals surface area (Å²) in [5.41, 5.74) is -1.92. The quantitative estimate of drug-likeness (QED) is 0.116. The van der Waals surface area contributed by atoms with Gasteiger partial charge in [-0.3, -0.25) is 19.4 Å². The maximum absolute atomic E-state index is 15.3. The number of ether oxygens (including phenoxy) is 10. The van der Waals surface area contributed by atoms with Crippen molar-refractivity contribution in [2.45, 2.75) is 194 Å². The topological polar surface area (TPSA) is 203 Å². The molecule has 5 aliphatic heterocycles. The number of fused-ring (bicyclic) bond motifs is 7. The molecule has 1 aromatic heterocycles. The van der Waals surface area contributed by atoms with E-state index in [4.69, 9.17) is 47.4 Å². The van der Waals surface area contributed by atoms with E-state index in [-0.39, 0.29) is 31.1 Å². The van der Waals surface area contributed by atoms with E-state index in [0.29, 0.717) is 36.8 Å². The van der Waals surface area contributed by atoms with Crippen molar-refractivity contribution in [2.24, 2.45) is 29.6 Å². The second-order valence-electron chi connectivity index (χ2n) is 23.3. The number of benzene rings is 1. The number of alkyl halides is 1. The molecule has 430 valence electrons. The molecule has 1 saturated carbocycles. The summed E-state index contributed by atoms with van der Waals surface area (Å²) in [6.45, 7) is 13.8. The van der Waals surface area contributed by atoms with Crippen LogP contribution >= 0.6 is 34.4 Å². The number of nitrogens with zero attached hydrogens (tertiary/aromatic N) is 3. The maximum Gasteiger partial charge on any atom is 0.320 e. The predicted octanol–water partition coefficient (Wildman–Crippen LogP) is 7.14. The van der Waals surface area contributed by atoms with Crippen molar-refractivity contribution in [3.05, 3.63) is 48.3 Å². The molecule has 5 saturated heterocycles. The number of carbonyl (C=O) groups is 3. The Hall–Kier alpha value is -2.90. The number of halogens is 1. The maximum atomic E-state index is 15.3. The van der Waals surface area contributed by atoms with Crippen molar-refractivity contribution in [1.29, 1.82) is 0 Å². The number of hydrogen-bond donors (Lipinski definition) is 2. The number of pyridine rings is 1. The first-order valence-corrected chi connectivity index (χ1v) is 29.8. The van der Waals surface area contributed by atoms with Crippen LogP contribution in [0.1, 0.15) is 105 Å². The van der Waals surface area contributed by atoms with Crippen molar-refractivity contribution >= 4 is 57.8 Å². The molecule has 19 atom stereocenters. The molecule has 6 heterocycles. The average Bonchev–Trinajstić information content (AvgIpc) is 4.19. The Bertz CT molecular complexity index is 2340. The number of likely N-dealkylation sites (N-methyl/N-ethyl adjacent to an activating group) is 1. The second-order valence-corrected chi connectivity index (χ2v) is 25.7. The van der Waals surface area contributed by atoms with E-state index < -0.39 is 123 Å². The number of hydrogen-bond acceptors (Lipinski definition) is 19. The van der Waals surface area contributed by atoms with Gasteiger partial charge >= 0.3 is 11.9 Å². The van der Waals surface area contributed by atoms with Crippen molar-refractivity contribution in [3.63, 3.8) is 0 Å². The first kappa shape index (κ1) is 60.2. The molecule has 6 fully saturated rings. The Morgan fingerprint density at radius 2 is 1.60 bits per heavy atom. The monoisotopic (exact) mass is 1210 g/mol. The van der Waals surface area contributed by atoms with Crippen molar-refractivity contribution < 1.29 is 72.0 Å². The fourth-order valence-electron chi connectivity index (χ4n) is 13.1. The summed E-state index contributed by atoms with van der Waals surface area (Å²) in [5.74, 6) is -3.38. The zero-order valence-corrected chi connectivity index (χ0v) is 49.9. The minimum absolute atomic E-state index is 0.114. The Labute approximate surface area is 473 Å². The standard InChI is InChI=1S/C57H84IN3O15S/c1-31-27-56(6,69-12)50-33(3)47(73-43-28-55(5,68-11)49(64)42(72-43)26-38-25-39(60(8)9)46(63)53(71-38)74-50)34(4)51(65)75-54(58)57(7)44(32(2)45(31)62)48(52(66)76-57)77-23-22-61(30-35-16-15-21-59-29-35)36-19-20-40(67-10)41(24-36)70-37-17-13-14-18-37/h15-16,19-21,24,29,31-34,37-39,42-44,46-50,53-54,63-64H,13-14,17-18,22-23,25-28,30H2,1-12H3/t31-,32-,33+,34-,38+,39+,42+,43+,44+,46-,47+,48+,49+,50-,53+,54+,55-,56-,57+/m1/s1. The molecule has 0 spiro atoms. The third-order valence-electron chi connectivity index (χ3n) is 17.8. The number of ketones is 1. The number of aromatic nitrogens is 1. The fourth-order valence-corrected chi connectivity index (χ4v) is 15.3. The number of Topliss-reactive ketones (excluding diaryl/α,β-unsaturated/α-hetero) is 1. The zero-order chi connectivity index (χ0) is 55.7. The van der Waals surface area contributed by atoms with E-state index >= 15 is 4.79 Å². The molecule has 0 radical (unpaired) electrons. The van der Waals surface area contributed by atoms with Crippen LogP contribution in [0.2, 0.25) is 0 Å². The average molecular weight is 1210 g/mol. The SMILES string of the molecule is COc1ccc(N(CCS[C@@H]2C(=O)O[C@@]3(C)[C@H]2[C@@H](C)C(=O)[C@H](C)C[C@@](C)(OC)[C@@H]2O[C@@H]4O[C@H](C[C@@H]5O[C@H](C[C@@](C)(OC)[C@H]5O)O[C@@H]([C@@H]2C)[C@@H](C)C(=O)O[C@@H]3I)C[C@H](N(C)C)[C@H]4O)Cc2cccnc2)cc1OC1CCCC1. The largest absolute Gasteiger partial charge is 0.493 e. The number of anilines is 1. The fraction of sp³-hybridized carbons (Fsp3) is 0.754. The molecule has 20 heteroatoms. The number of aliphatic hydroxyl groups excluding tert-OH is 2. The van der Waals surface area contributed by atoms with Gasteiger partial charge in [-0.05, 0) is 127 Å². The lowest BCUT2D eigenvalue weighted by molar-refractivity contribution is -0.339. The summed E-state index contributed by atoms with van der Waals surface area (Å²) < 4.78 is 64.0. The molecule has 0 unspecified atom stereocenters. The van der Waals surface area contributed by atoms with Gasteiger partial charge in [0.05, 0.1) is 54.7 Å². The predicted molar refractivity (Wildman–Crippen MR) is 297 cm³/mol. The first-order valence-electron chi connectivity index (χ1n) is 27.5. The van der Waals surface area contributed by atoms with Crippen LogP contribution in [0.15, 0.2) is 42.7 Å². The highest BCUT2D eigenvalue weighted by atomic mass is 127. The molecule has 6 aliphatic rings. The molecule has 2 aromatic rings. The van der Waals surface area contributed by atoms with Crippen LogP contribution in [0.25, 0.3) is 0 Å². The lowest BCUT2D eigenvalue weighted by atomic mass is 9.72. The molecule has 1 aliphatic carbocycles. The van der Waals surface area contributed by atoms with Gasteiger partial charge in [-0.25, -0.2) is 0 Å². The van der Waals surface area contributed by atoms with E-state index in [0.717, 1.165) is 36.9 Å². The van der Waals surface area contributed by atoms with Gasteiger partial charge in [0.2, 0.25) is 0 Å². The summed E-state index contributed by atoms with van der Waals surface area (Å²) in [7, 11) is 8.51. The number of methoxy groups -OCH3 is 3. The summed E-state index contributed by atoms with van der Waals surface area (Å²) in [6.07, 6.45) is 1.14. The Morgan fingerprint density at radius 1 is 0.870 bits per heavy atom. The van der Waals surface area contributed by atoms with Gasteiger partial charge in [-0.2, -0.15) is 0 Å². The number of carbonyl (C=O) groups excluding carboxylic acids is 3. The van der Waals surface area contributed by atoms with Crippen LogP contribution in [0.3, 0.4) is 0 Å². The minimum Gasteiger partial charge on any atom is -0.493 e. The number of aliphatic hydroxyl groups is 2. The third kappa shape index (κ3) is 12.8. The van der Waals surface area contributed by atoms with Gasteiger partial charge in [-0.1, -0.05) is 26.8 Å². The summed E-state index contributed by atoms with van der Waals surface area (Å²) >= 11 is 3.46. The van der Waals surface area contributed by atoms with Gasteiger partial charge in [0.25, 0.3) is 0 Å². The Morgan fingerprint density at radius 3 is 2.26 bits per heavy atom. The van der Waals surface area contributed by atoms with Crippen LogP contribution in [0, 0.1) is 29.6 Å². The highest BCUT2D eigenvalue weighted by Gasteiger charge is 2.62. The van der Waals surface area contributed by atoms with Crippen LogP contribution in [0.4, 0.5) is 5.69 Å². The molecule has 0 amide bonds. The lowest BCUT2D eigenvalue weighted by Crippen LogP contribution is -2.63. The van der Waals surface area contributed by atoms with Crippen LogP contribution in [0.5, 0.6) is 11.5 Å². The number of thioether (sulfide) groups is 1. The van der Waals surface area contributed by atoms with Gasteiger partial charge < -0.3 is 67.4 Å². The van der Waals surface area contributed by atoms with Crippen molar-refractivity contribution in [2.75, 3.05) is 52.6 Å². The van der Waals surface area contributed by atoms with Crippen molar-refractivity contribution in [3.8, 4) is 11.5 Å². The smallest absolute Gasteiger partial charge is 0.320 e. The second kappa shape index (κ2) is 25.1. The zero-order valence-electron chi connectivity index (χ0n) is 47.0. The van der Waals surface area contributed by atoms with E-state index in [1.165, 1.54) is 18.9 Å². The molecule has 18 nitrogen and oxygen atoms in total. The van der Waals surface area contributed by atoms with Gasteiger partial charge in [0.15, 0.2) is 33.8 Å². The Kier molecular flexibility index (Phi) is 19.6. The minimum atomic E-state index is -1.44. The lowest BCUT2D eigenvalue weighted by Gasteiger charge is -2.52. The van der Waals surface area contributed by atoms with Gasteiger partial charge in [-0.15, -0.1) is 11.8 Å². The Balaban J connectivity index is 1.13. The molecule has 2 N–H and O–H groups in total. The number of rotatable bonds is 13. The summed E-state index contributed by atoms with van der Waals surface area (Å²) in [5, 5.41) is 23.0.